The van der Waals surface area contributed by atoms with E-state index >= 15 is 0 Å². The molecule has 0 unspecified atom stereocenters. The standard InChI is InChI=1S/C9H10N6O/c1-6-4-3-5-8(10-6)9(13-16)15-12-7(2)11-14-15/h3-5,16H,1-2H3/b13-9-. The second kappa shape index (κ2) is 4.05. The number of hydrogen-bond acceptors (Lipinski definition) is 6. The van der Waals surface area contributed by atoms with Crippen LogP contribution in [0.25, 0.3) is 0 Å². The Bertz CT molecular complexity index is 532. The highest BCUT2D eigenvalue weighted by Crippen LogP contribution is 2.01. The molecule has 0 aromatic carbocycles. The maximum Gasteiger partial charge on any atom is 0.239 e. The Kier molecular flexibility index (Phi) is 2.59. The van der Waals surface area contributed by atoms with Crippen LogP contribution in [0.1, 0.15) is 17.2 Å². The van der Waals surface area contributed by atoms with Crippen LogP contribution in [0.3, 0.4) is 0 Å². The Labute approximate surface area is 91.4 Å². The van der Waals surface area contributed by atoms with E-state index in [-0.39, 0.29) is 5.84 Å². The molecule has 0 fully saturated rings. The van der Waals surface area contributed by atoms with Gasteiger partial charge in [0.05, 0.1) is 0 Å². The van der Waals surface area contributed by atoms with Crippen LogP contribution < -0.4 is 0 Å². The molecule has 0 saturated carbocycles. The van der Waals surface area contributed by atoms with Crippen molar-refractivity contribution >= 4 is 5.84 Å². The summed E-state index contributed by atoms with van der Waals surface area (Å²) in [6, 6.07) is 5.37. The van der Waals surface area contributed by atoms with E-state index in [1.54, 1.807) is 13.0 Å². The molecule has 0 saturated heterocycles. The normalized spacial score (nSPS) is 11.8. The Morgan fingerprint density at radius 2 is 2.19 bits per heavy atom. The number of aromatic nitrogens is 5. The van der Waals surface area contributed by atoms with Crippen molar-refractivity contribution in [2.24, 2.45) is 5.16 Å². The predicted octanol–water partition coefficient (Wildman–Crippen LogP) is 0.369. The Balaban J connectivity index is 2.45. The summed E-state index contributed by atoms with van der Waals surface area (Å²) in [5.41, 5.74) is 1.30. The zero-order chi connectivity index (χ0) is 11.5. The Morgan fingerprint density at radius 1 is 1.38 bits per heavy atom. The number of tetrazole rings is 1. The number of aryl methyl sites for hydroxylation is 2. The summed E-state index contributed by atoms with van der Waals surface area (Å²) in [5, 5.41) is 23.5. The first-order chi connectivity index (χ1) is 7.70. The highest BCUT2D eigenvalue weighted by molar-refractivity contribution is 5.96. The maximum absolute atomic E-state index is 8.95. The molecule has 16 heavy (non-hydrogen) atoms. The minimum absolute atomic E-state index is 0.143. The molecule has 0 aliphatic heterocycles. The lowest BCUT2D eigenvalue weighted by Crippen LogP contribution is -2.18. The van der Waals surface area contributed by atoms with Gasteiger partial charge in [-0.2, -0.15) is 0 Å². The molecule has 0 aliphatic rings. The van der Waals surface area contributed by atoms with Gasteiger partial charge in [0.25, 0.3) is 0 Å². The molecule has 0 radical (unpaired) electrons. The maximum atomic E-state index is 8.95. The molecule has 2 aromatic heterocycles. The summed E-state index contributed by atoms with van der Waals surface area (Å²) in [7, 11) is 0. The molecular formula is C9H10N6O. The fourth-order valence-corrected chi connectivity index (χ4v) is 1.24. The van der Waals surface area contributed by atoms with E-state index in [0.29, 0.717) is 11.5 Å². The van der Waals surface area contributed by atoms with E-state index in [9.17, 15) is 0 Å². The van der Waals surface area contributed by atoms with Crippen molar-refractivity contribution in [1.82, 2.24) is 25.2 Å². The van der Waals surface area contributed by atoms with Crippen molar-refractivity contribution in [2.45, 2.75) is 13.8 Å². The van der Waals surface area contributed by atoms with Gasteiger partial charge in [0, 0.05) is 5.69 Å². The van der Waals surface area contributed by atoms with E-state index in [4.69, 9.17) is 5.21 Å². The van der Waals surface area contributed by atoms with Gasteiger partial charge in [0.15, 0.2) is 5.82 Å². The summed E-state index contributed by atoms with van der Waals surface area (Å²) in [6.45, 7) is 3.54. The first-order valence-electron chi connectivity index (χ1n) is 4.64. The Hall–Kier alpha value is -2.31. The van der Waals surface area contributed by atoms with Gasteiger partial charge in [-0.25, -0.2) is 4.98 Å². The van der Waals surface area contributed by atoms with E-state index in [1.165, 1.54) is 0 Å². The second-order valence-electron chi connectivity index (χ2n) is 3.21. The molecule has 0 aliphatic carbocycles. The number of nitrogens with zero attached hydrogens (tertiary/aromatic N) is 6. The van der Waals surface area contributed by atoms with Crippen LogP contribution >= 0.6 is 0 Å². The summed E-state index contributed by atoms with van der Waals surface area (Å²) < 4.78 is 0. The van der Waals surface area contributed by atoms with Gasteiger partial charge in [-0.1, -0.05) is 11.2 Å². The van der Waals surface area contributed by atoms with Crippen molar-refractivity contribution in [3.8, 4) is 0 Å². The van der Waals surface area contributed by atoms with Gasteiger partial charge < -0.3 is 5.21 Å². The zero-order valence-electron chi connectivity index (χ0n) is 8.86. The van der Waals surface area contributed by atoms with Crippen LogP contribution in [-0.4, -0.2) is 36.2 Å². The monoisotopic (exact) mass is 218 g/mol. The van der Waals surface area contributed by atoms with Gasteiger partial charge in [-0.05, 0) is 31.2 Å². The summed E-state index contributed by atoms with van der Waals surface area (Å²) in [6.07, 6.45) is 0. The van der Waals surface area contributed by atoms with Gasteiger partial charge in [-0.3, -0.25) is 0 Å². The highest BCUT2D eigenvalue weighted by atomic mass is 16.4. The first kappa shape index (κ1) is 10.2. The molecule has 0 spiro atoms. The van der Waals surface area contributed by atoms with E-state index in [0.717, 1.165) is 10.5 Å². The fraction of sp³-hybridized carbons (Fsp3) is 0.222. The van der Waals surface area contributed by atoms with Gasteiger partial charge in [-0.15, -0.1) is 15.0 Å². The molecule has 2 rings (SSSR count). The molecule has 0 atom stereocenters. The van der Waals surface area contributed by atoms with Crippen molar-refractivity contribution in [3.63, 3.8) is 0 Å². The van der Waals surface area contributed by atoms with Gasteiger partial charge >= 0.3 is 0 Å². The third-order valence-corrected chi connectivity index (χ3v) is 1.92. The first-order valence-corrected chi connectivity index (χ1v) is 4.64. The number of pyridine rings is 1. The quantitative estimate of drug-likeness (QED) is 0.323. The molecular weight excluding hydrogens is 208 g/mol. The van der Waals surface area contributed by atoms with Crippen LogP contribution in [0.5, 0.6) is 0 Å². The van der Waals surface area contributed by atoms with Crippen LogP contribution in [0.2, 0.25) is 0 Å². The third-order valence-electron chi connectivity index (χ3n) is 1.92. The van der Waals surface area contributed by atoms with E-state index < -0.39 is 0 Å². The smallest absolute Gasteiger partial charge is 0.239 e. The zero-order valence-corrected chi connectivity index (χ0v) is 8.86. The van der Waals surface area contributed by atoms with Crippen molar-refractivity contribution in [3.05, 3.63) is 35.4 Å². The average molecular weight is 218 g/mol. The van der Waals surface area contributed by atoms with Gasteiger partial charge in [0.1, 0.15) is 5.69 Å². The van der Waals surface area contributed by atoms with Crippen LogP contribution in [-0.2, 0) is 0 Å². The third kappa shape index (κ3) is 1.88. The number of rotatable bonds is 1. The number of hydrogen-bond donors (Lipinski definition) is 1. The molecule has 7 nitrogen and oxygen atoms in total. The molecule has 82 valence electrons. The lowest BCUT2D eigenvalue weighted by atomic mass is 10.3. The molecule has 0 amide bonds. The minimum atomic E-state index is 0.143. The summed E-state index contributed by atoms with van der Waals surface area (Å²) in [5.74, 6) is 0.637. The van der Waals surface area contributed by atoms with Crippen LogP contribution in [0, 0.1) is 13.8 Å². The minimum Gasteiger partial charge on any atom is -0.409 e. The van der Waals surface area contributed by atoms with Crippen molar-refractivity contribution in [2.75, 3.05) is 0 Å². The number of oxime groups is 1. The topological polar surface area (TPSA) is 89.1 Å². The lowest BCUT2D eigenvalue weighted by molar-refractivity contribution is 0.315. The molecule has 1 N–H and O–H groups in total. The Morgan fingerprint density at radius 3 is 2.75 bits per heavy atom. The lowest BCUT2D eigenvalue weighted by Gasteiger charge is -2.01. The predicted molar refractivity (Wildman–Crippen MR) is 55.2 cm³/mol. The fourth-order valence-electron chi connectivity index (χ4n) is 1.24. The molecule has 0 bridgehead atoms. The summed E-state index contributed by atoms with van der Waals surface area (Å²) in [4.78, 5) is 5.35. The van der Waals surface area contributed by atoms with E-state index in [2.05, 4.69) is 25.6 Å². The van der Waals surface area contributed by atoms with Crippen LogP contribution in [0.4, 0.5) is 0 Å². The van der Waals surface area contributed by atoms with Gasteiger partial charge in [0.2, 0.25) is 5.84 Å². The summed E-state index contributed by atoms with van der Waals surface area (Å²) >= 11 is 0. The molecule has 2 aromatic rings. The SMILES string of the molecule is Cc1cccc(/C(=N/O)n2nnc(C)n2)n1. The van der Waals surface area contributed by atoms with Crippen molar-refractivity contribution in [1.29, 1.82) is 0 Å². The second-order valence-corrected chi connectivity index (χ2v) is 3.21. The average Bonchev–Trinajstić information content (AvgIpc) is 2.66. The van der Waals surface area contributed by atoms with Crippen molar-refractivity contribution < 1.29 is 5.21 Å². The highest BCUT2D eigenvalue weighted by Gasteiger charge is 2.11. The van der Waals surface area contributed by atoms with Crippen LogP contribution in [0.15, 0.2) is 23.4 Å². The molecule has 2 heterocycles. The van der Waals surface area contributed by atoms with E-state index in [1.807, 2.05) is 19.1 Å². The largest absolute Gasteiger partial charge is 0.409 e. The molecule has 7 heteroatoms.